The van der Waals surface area contributed by atoms with Crippen LogP contribution in [0.3, 0.4) is 0 Å². The van der Waals surface area contributed by atoms with Crippen LogP contribution in [0.5, 0.6) is 0 Å². The van der Waals surface area contributed by atoms with Crippen LogP contribution in [0.15, 0.2) is 24.3 Å². The van der Waals surface area contributed by atoms with Crippen molar-refractivity contribution in [2.75, 3.05) is 0 Å². The van der Waals surface area contributed by atoms with Gasteiger partial charge in [0.05, 0.1) is 6.54 Å². The maximum Gasteiger partial charge on any atom is 0.123 e. The van der Waals surface area contributed by atoms with E-state index in [1.807, 2.05) is 0 Å². The highest BCUT2D eigenvalue weighted by Crippen LogP contribution is 2.00. The summed E-state index contributed by atoms with van der Waals surface area (Å²) < 4.78 is 12.1. The average Bonchev–Trinajstić information content (AvgIpc) is 1.90. The topological polar surface area (TPSA) is 22.3 Å². The highest BCUT2D eigenvalue weighted by molar-refractivity contribution is 5.15. The molecule has 2 heteroatoms. The minimum Gasteiger partial charge on any atom is -0.207 e. The molecule has 1 aromatic rings. The molecule has 0 unspecified atom stereocenters. The molecule has 1 nitrogen and oxygen atoms in total. The van der Waals surface area contributed by atoms with E-state index in [2.05, 4.69) is 0 Å². The summed E-state index contributed by atoms with van der Waals surface area (Å²) in [4.78, 5) is 0. The van der Waals surface area contributed by atoms with Crippen LogP contribution in [-0.4, -0.2) is 0 Å². The Balaban J connectivity index is 2.88. The fourth-order valence-corrected chi connectivity index (χ4v) is 0.590. The third-order valence-electron chi connectivity index (χ3n) is 1.10. The fourth-order valence-electron chi connectivity index (χ4n) is 0.590. The van der Waals surface area contributed by atoms with Gasteiger partial charge in [0.15, 0.2) is 0 Å². The first kappa shape index (κ1) is 6.23. The van der Waals surface area contributed by atoms with E-state index in [0.29, 0.717) is 0 Å². The van der Waals surface area contributed by atoms with Crippen LogP contribution in [0.2, 0.25) is 0 Å². The van der Waals surface area contributed by atoms with Crippen LogP contribution in [0.25, 0.3) is 0 Å². The SMILES string of the molecule is [N]Cc1ccc(F)cc1. The zero-order valence-electron chi connectivity index (χ0n) is 4.84. The van der Waals surface area contributed by atoms with Gasteiger partial charge in [0.1, 0.15) is 5.82 Å². The molecule has 9 heavy (non-hydrogen) atoms. The standard InChI is InChI=1S/C7H6FN/c8-7-3-1-6(5-9)2-4-7/h1-4H,5H2. The normalized spacial score (nSPS) is 9.56. The van der Waals surface area contributed by atoms with Gasteiger partial charge >= 0.3 is 0 Å². The highest BCUT2D eigenvalue weighted by Gasteiger charge is 1.88. The van der Waals surface area contributed by atoms with Gasteiger partial charge < -0.3 is 0 Å². The summed E-state index contributed by atoms with van der Waals surface area (Å²) in [6.07, 6.45) is 0. The molecule has 0 fully saturated rings. The van der Waals surface area contributed by atoms with Gasteiger partial charge in [-0.05, 0) is 17.7 Å². The molecule has 0 aromatic heterocycles. The van der Waals surface area contributed by atoms with E-state index < -0.39 is 0 Å². The molecule has 1 rings (SSSR count). The number of halogens is 1. The van der Waals surface area contributed by atoms with Crippen molar-refractivity contribution in [3.05, 3.63) is 35.6 Å². The molecule has 0 bridgehead atoms. The summed E-state index contributed by atoms with van der Waals surface area (Å²) in [5.41, 5.74) is 9.24. The lowest BCUT2D eigenvalue weighted by molar-refractivity contribution is 0.627. The van der Waals surface area contributed by atoms with Gasteiger partial charge in [0.2, 0.25) is 0 Å². The average molecular weight is 123 g/mol. The number of rotatable bonds is 1. The zero-order chi connectivity index (χ0) is 6.69. The Bertz CT molecular complexity index is 181. The second-order valence-corrected chi connectivity index (χ2v) is 1.78. The Hall–Kier alpha value is -0.890. The molecule has 0 spiro atoms. The molecule has 1 aromatic carbocycles. The molecular formula is C7H6FN. The van der Waals surface area contributed by atoms with Crippen LogP contribution in [0.4, 0.5) is 4.39 Å². The number of nitrogens with zero attached hydrogens (tertiary/aromatic N) is 1. The van der Waals surface area contributed by atoms with Gasteiger partial charge in [0.25, 0.3) is 0 Å². The van der Waals surface area contributed by atoms with E-state index >= 15 is 0 Å². The Morgan fingerprint density at radius 1 is 1.22 bits per heavy atom. The first-order chi connectivity index (χ1) is 4.33. The van der Waals surface area contributed by atoms with Crippen molar-refractivity contribution in [1.29, 1.82) is 0 Å². The maximum atomic E-state index is 12.1. The Morgan fingerprint density at radius 2 is 1.78 bits per heavy atom. The lowest BCUT2D eigenvalue weighted by atomic mass is 10.2. The maximum absolute atomic E-state index is 12.1. The third kappa shape index (κ3) is 1.50. The number of hydrogen-bond acceptors (Lipinski definition) is 0. The summed E-state index contributed by atoms with van der Waals surface area (Å²) in [6.45, 7) is -0.0275. The highest BCUT2D eigenvalue weighted by atomic mass is 19.1. The minimum atomic E-state index is -0.271. The van der Waals surface area contributed by atoms with Crippen LogP contribution in [0.1, 0.15) is 5.56 Å². The number of benzene rings is 1. The van der Waals surface area contributed by atoms with E-state index in [0.717, 1.165) is 5.56 Å². The molecule has 0 aliphatic carbocycles. The molecule has 0 aliphatic rings. The van der Waals surface area contributed by atoms with Crippen molar-refractivity contribution in [2.45, 2.75) is 6.54 Å². The second-order valence-electron chi connectivity index (χ2n) is 1.78. The smallest absolute Gasteiger partial charge is 0.123 e. The van der Waals surface area contributed by atoms with Gasteiger partial charge in [-0.1, -0.05) is 12.1 Å². The monoisotopic (exact) mass is 123 g/mol. The Labute approximate surface area is 53.3 Å². The van der Waals surface area contributed by atoms with Crippen molar-refractivity contribution in [3.63, 3.8) is 0 Å². The molecule has 2 radical (unpaired) electrons. The van der Waals surface area contributed by atoms with E-state index in [1.54, 1.807) is 12.1 Å². The fraction of sp³-hybridized carbons (Fsp3) is 0.143. The number of hydrogen-bond donors (Lipinski definition) is 0. The Kier molecular flexibility index (Phi) is 1.80. The van der Waals surface area contributed by atoms with Crippen LogP contribution >= 0.6 is 0 Å². The van der Waals surface area contributed by atoms with E-state index in [-0.39, 0.29) is 12.4 Å². The summed E-state index contributed by atoms with van der Waals surface area (Å²) in [6, 6.07) is 5.75. The van der Waals surface area contributed by atoms with Gasteiger partial charge in [0, 0.05) is 0 Å². The van der Waals surface area contributed by atoms with Crippen molar-refractivity contribution < 1.29 is 4.39 Å². The van der Waals surface area contributed by atoms with Crippen LogP contribution < -0.4 is 5.73 Å². The molecule has 0 saturated heterocycles. The quantitative estimate of drug-likeness (QED) is 0.538. The predicted octanol–water partition coefficient (Wildman–Crippen LogP) is 1.39. The van der Waals surface area contributed by atoms with Crippen molar-refractivity contribution >= 4 is 0 Å². The largest absolute Gasteiger partial charge is 0.207 e. The lowest BCUT2D eigenvalue weighted by Crippen LogP contribution is -1.83. The first-order valence-electron chi connectivity index (χ1n) is 2.68. The van der Waals surface area contributed by atoms with Crippen molar-refractivity contribution in [3.8, 4) is 0 Å². The molecule has 0 amide bonds. The van der Waals surface area contributed by atoms with E-state index in [4.69, 9.17) is 5.73 Å². The van der Waals surface area contributed by atoms with Gasteiger partial charge in [-0.25, -0.2) is 4.39 Å². The van der Waals surface area contributed by atoms with Gasteiger partial charge in [-0.3, -0.25) is 0 Å². The van der Waals surface area contributed by atoms with Gasteiger partial charge in [-0.15, -0.1) is 5.73 Å². The first-order valence-corrected chi connectivity index (χ1v) is 2.68. The van der Waals surface area contributed by atoms with Crippen molar-refractivity contribution in [2.24, 2.45) is 0 Å². The predicted molar refractivity (Wildman–Crippen MR) is 32.2 cm³/mol. The van der Waals surface area contributed by atoms with Gasteiger partial charge in [-0.2, -0.15) is 0 Å². The molecule has 0 heterocycles. The van der Waals surface area contributed by atoms with Crippen LogP contribution in [0, 0.1) is 5.82 Å². The summed E-state index contributed by atoms with van der Waals surface area (Å²) in [5.74, 6) is -0.271. The minimum absolute atomic E-state index is 0.0275. The molecule has 0 N–H and O–H groups in total. The molecule has 0 atom stereocenters. The Morgan fingerprint density at radius 3 is 2.22 bits per heavy atom. The molecular weight excluding hydrogens is 117 g/mol. The van der Waals surface area contributed by atoms with Crippen molar-refractivity contribution in [1.82, 2.24) is 5.73 Å². The summed E-state index contributed by atoms with van der Waals surface area (Å²) >= 11 is 0. The molecule has 0 aliphatic heterocycles. The second kappa shape index (κ2) is 2.60. The molecule has 0 saturated carbocycles. The summed E-state index contributed by atoms with van der Waals surface area (Å²) in [7, 11) is 0. The van der Waals surface area contributed by atoms with E-state index in [1.165, 1.54) is 12.1 Å². The lowest BCUT2D eigenvalue weighted by Gasteiger charge is -1.90. The summed E-state index contributed by atoms with van der Waals surface area (Å²) in [5, 5.41) is 0. The van der Waals surface area contributed by atoms with E-state index in [9.17, 15) is 4.39 Å². The zero-order valence-corrected chi connectivity index (χ0v) is 4.84. The van der Waals surface area contributed by atoms with Crippen LogP contribution in [-0.2, 0) is 6.54 Å². The molecule has 46 valence electrons. The third-order valence-corrected chi connectivity index (χ3v) is 1.10.